The molecule has 0 aliphatic carbocycles. The predicted octanol–water partition coefficient (Wildman–Crippen LogP) is 1.78. The third-order valence-corrected chi connectivity index (χ3v) is 2.10. The van der Waals surface area contributed by atoms with E-state index in [1.54, 1.807) is 0 Å². The minimum atomic E-state index is -2.46. The quantitative estimate of drug-likeness (QED) is 0.616. The maximum absolute atomic E-state index is 12.0. The number of halogens is 2. The van der Waals surface area contributed by atoms with Crippen molar-refractivity contribution in [3.05, 3.63) is 0 Å². The lowest BCUT2D eigenvalue weighted by molar-refractivity contribution is -0.145. The highest BCUT2D eigenvalue weighted by Gasteiger charge is 2.35. The van der Waals surface area contributed by atoms with E-state index < -0.39 is 18.4 Å². The van der Waals surface area contributed by atoms with E-state index >= 15 is 0 Å². The van der Waals surface area contributed by atoms with Crippen molar-refractivity contribution < 1.29 is 18.3 Å². The highest BCUT2D eigenvalue weighted by molar-refractivity contribution is 5.62. The van der Waals surface area contributed by atoms with Gasteiger partial charge in [0.05, 0.1) is 0 Å². The molecule has 0 bridgehead atoms. The lowest BCUT2D eigenvalue weighted by Crippen LogP contribution is -2.39. The zero-order valence-corrected chi connectivity index (χ0v) is 6.76. The fourth-order valence-corrected chi connectivity index (χ4v) is 1.44. The van der Waals surface area contributed by atoms with Crippen LogP contribution in [-0.4, -0.2) is 24.9 Å². The lowest BCUT2D eigenvalue weighted by atomic mass is 9.92. The third-order valence-electron chi connectivity index (χ3n) is 2.10. The Balaban J connectivity index is 2.53. The Morgan fingerprint density at radius 3 is 2.67 bits per heavy atom. The summed E-state index contributed by atoms with van der Waals surface area (Å²) in [6, 6.07) is 0. The van der Waals surface area contributed by atoms with Crippen LogP contribution in [0.15, 0.2) is 0 Å². The van der Waals surface area contributed by atoms with Crippen LogP contribution >= 0.6 is 0 Å². The first-order valence-electron chi connectivity index (χ1n) is 4.07. The van der Waals surface area contributed by atoms with E-state index in [4.69, 9.17) is 4.74 Å². The van der Waals surface area contributed by atoms with Gasteiger partial charge in [-0.05, 0) is 19.3 Å². The van der Waals surface area contributed by atoms with Crippen LogP contribution in [-0.2, 0) is 9.53 Å². The maximum atomic E-state index is 12.0. The van der Waals surface area contributed by atoms with Crippen molar-refractivity contribution in [3.8, 4) is 0 Å². The van der Waals surface area contributed by atoms with Gasteiger partial charge < -0.3 is 9.53 Å². The number of rotatable bonds is 3. The van der Waals surface area contributed by atoms with Crippen LogP contribution < -0.4 is 0 Å². The normalized spacial score (nSPS) is 30.6. The third kappa shape index (κ3) is 2.24. The van der Waals surface area contributed by atoms with Gasteiger partial charge >= 0.3 is 0 Å². The average Bonchev–Trinajstić information content (AvgIpc) is 2.05. The van der Waals surface area contributed by atoms with Crippen molar-refractivity contribution in [1.29, 1.82) is 0 Å². The molecule has 0 radical (unpaired) electrons. The average molecular weight is 178 g/mol. The second-order valence-corrected chi connectivity index (χ2v) is 3.08. The number of carbonyl (C=O) groups is 1. The van der Waals surface area contributed by atoms with Gasteiger partial charge in [-0.1, -0.05) is 0 Å². The summed E-state index contributed by atoms with van der Waals surface area (Å²) in [4.78, 5) is 10.6. The van der Waals surface area contributed by atoms with E-state index in [2.05, 4.69) is 0 Å². The molecule has 0 N–H and O–H groups in total. The summed E-state index contributed by atoms with van der Waals surface area (Å²) < 4.78 is 29.1. The van der Waals surface area contributed by atoms with Crippen LogP contribution in [0.25, 0.3) is 0 Å². The van der Waals surface area contributed by atoms with Gasteiger partial charge in [-0.2, -0.15) is 0 Å². The first-order valence-corrected chi connectivity index (χ1v) is 4.07. The Hall–Kier alpha value is -0.510. The number of hydrogen-bond acceptors (Lipinski definition) is 2. The van der Waals surface area contributed by atoms with Gasteiger partial charge in [0, 0.05) is 13.0 Å². The van der Waals surface area contributed by atoms with Gasteiger partial charge in [-0.15, -0.1) is 0 Å². The largest absolute Gasteiger partial charge is 0.367 e. The van der Waals surface area contributed by atoms with Gasteiger partial charge in [0.25, 0.3) is 0 Å². The van der Waals surface area contributed by atoms with E-state index in [0.717, 1.165) is 12.8 Å². The van der Waals surface area contributed by atoms with E-state index in [9.17, 15) is 13.6 Å². The molecule has 1 rings (SSSR count). The van der Waals surface area contributed by atoms with Crippen molar-refractivity contribution in [2.75, 3.05) is 6.61 Å². The predicted molar refractivity (Wildman–Crippen MR) is 39.2 cm³/mol. The Kier molecular flexibility index (Phi) is 3.14. The molecule has 1 fully saturated rings. The summed E-state index contributed by atoms with van der Waals surface area (Å²) in [5.41, 5.74) is -1.19. The Morgan fingerprint density at radius 1 is 1.50 bits per heavy atom. The standard InChI is InChI=1S/C8H12F2O2/c9-7(10)5-8(6-11)3-1-2-4-12-8/h6-7H,1-5H2. The second-order valence-electron chi connectivity index (χ2n) is 3.08. The molecule has 70 valence electrons. The maximum Gasteiger partial charge on any atom is 0.241 e. The number of carbonyl (C=O) groups excluding carboxylic acids is 1. The Bertz CT molecular complexity index is 153. The monoisotopic (exact) mass is 178 g/mol. The highest BCUT2D eigenvalue weighted by atomic mass is 19.3. The molecule has 0 aromatic heterocycles. The molecule has 4 heteroatoms. The molecule has 1 saturated heterocycles. The number of alkyl halides is 2. The fraction of sp³-hybridized carbons (Fsp3) is 0.875. The van der Waals surface area contributed by atoms with E-state index in [0.29, 0.717) is 19.3 Å². The minimum Gasteiger partial charge on any atom is -0.367 e. The molecule has 0 saturated carbocycles. The molecule has 0 aromatic rings. The van der Waals surface area contributed by atoms with Gasteiger partial charge in [-0.3, -0.25) is 0 Å². The van der Waals surface area contributed by atoms with Crippen LogP contribution in [0.3, 0.4) is 0 Å². The van der Waals surface area contributed by atoms with Gasteiger partial charge in [-0.25, -0.2) is 8.78 Å². The molecule has 1 aliphatic rings. The molecular weight excluding hydrogens is 166 g/mol. The topological polar surface area (TPSA) is 26.3 Å². The van der Waals surface area contributed by atoms with Crippen LogP contribution in [0.1, 0.15) is 25.7 Å². The van der Waals surface area contributed by atoms with Crippen molar-refractivity contribution in [1.82, 2.24) is 0 Å². The summed E-state index contributed by atoms with van der Waals surface area (Å²) in [6.45, 7) is 0.422. The lowest BCUT2D eigenvalue weighted by Gasteiger charge is -2.31. The van der Waals surface area contributed by atoms with Crippen molar-refractivity contribution in [2.45, 2.75) is 37.7 Å². The summed E-state index contributed by atoms with van der Waals surface area (Å²) >= 11 is 0. The summed E-state index contributed by atoms with van der Waals surface area (Å²) in [5.74, 6) is 0. The molecule has 0 aromatic carbocycles. The van der Waals surface area contributed by atoms with Crippen molar-refractivity contribution in [3.63, 3.8) is 0 Å². The van der Waals surface area contributed by atoms with E-state index in [1.165, 1.54) is 0 Å². The molecule has 12 heavy (non-hydrogen) atoms. The van der Waals surface area contributed by atoms with E-state index in [-0.39, 0.29) is 0 Å². The summed E-state index contributed by atoms with van der Waals surface area (Å²) in [7, 11) is 0. The molecule has 0 amide bonds. The van der Waals surface area contributed by atoms with Crippen molar-refractivity contribution in [2.24, 2.45) is 0 Å². The fourth-order valence-electron chi connectivity index (χ4n) is 1.44. The van der Waals surface area contributed by atoms with Gasteiger partial charge in [0.2, 0.25) is 6.43 Å². The molecule has 2 nitrogen and oxygen atoms in total. The molecule has 1 unspecified atom stereocenters. The van der Waals surface area contributed by atoms with Gasteiger partial charge in [0.1, 0.15) is 5.60 Å². The number of hydrogen-bond donors (Lipinski definition) is 0. The highest BCUT2D eigenvalue weighted by Crippen LogP contribution is 2.28. The SMILES string of the molecule is O=CC1(CC(F)F)CCCCO1. The smallest absolute Gasteiger partial charge is 0.241 e. The molecular formula is C8H12F2O2. The Morgan fingerprint density at radius 2 is 2.25 bits per heavy atom. The zero-order valence-electron chi connectivity index (χ0n) is 6.76. The molecule has 1 heterocycles. The Labute approximate surface area is 69.9 Å². The van der Waals surface area contributed by atoms with Crippen LogP contribution in [0.5, 0.6) is 0 Å². The number of aldehydes is 1. The number of ether oxygens (including phenoxy) is 1. The van der Waals surface area contributed by atoms with E-state index in [1.807, 2.05) is 0 Å². The first-order chi connectivity index (χ1) is 5.68. The van der Waals surface area contributed by atoms with Crippen LogP contribution in [0.2, 0.25) is 0 Å². The minimum absolute atomic E-state index is 0.422. The van der Waals surface area contributed by atoms with Gasteiger partial charge in [0.15, 0.2) is 6.29 Å². The van der Waals surface area contributed by atoms with Crippen LogP contribution in [0.4, 0.5) is 8.78 Å². The van der Waals surface area contributed by atoms with Crippen molar-refractivity contribution >= 4 is 6.29 Å². The molecule has 1 atom stereocenters. The molecule has 0 spiro atoms. The first kappa shape index (κ1) is 9.58. The van der Waals surface area contributed by atoms with Crippen LogP contribution in [0, 0.1) is 0 Å². The second kappa shape index (κ2) is 3.94. The summed E-state index contributed by atoms with van der Waals surface area (Å²) in [5, 5.41) is 0. The molecule has 1 aliphatic heterocycles. The summed E-state index contributed by atoms with van der Waals surface area (Å²) in [6.07, 6.45) is -0.312. The zero-order chi connectivity index (χ0) is 9.03.